The van der Waals surface area contributed by atoms with Gasteiger partial charge in [0.05, 0.1) is 6.04 Å². The highest BCUT2D eigenvalue weighted by Gasteiger charge is 2.21. The van der Waals surface area contributed by atoms with Gasteiger partial charge in [-0.25, -0.2) is 0 Å². The third-order valence-corrected chi connectivity index (χ3v) is 4.94. The maximum Gasteiger partial charge on any atom is 0.237 e. The summed E-state index contributed by atoms with van der Waals surface area (Å²) in [5, 5.41) is 4.36. The summed E-state index contributed by atoms with van der Waals surface area (Å²) in [7, 11) is 0. The number of nitrogens with one attached hydrogen (secondary N) is 2. The normalized spacial score (nSPS) is 17.8. The van der Waals surface area contributed by atoms with E-state index in [0.717, 1.165) is 25.0 Å². The molecule has 1 aliphatic heterocycles. The van der Waals surface area contributed by atoms with E-state index in [1.54, 1.807) is 0 Å². The van der Waals surface area contributed by atoms with E-state index >= 15 is 0 Å². The molecule has 4 heteroatoms. The van der Waals surface area contributed by atoms with Crippen molar-refractivity contribution in [3.63, 3.8) is 0 Å². The van der Waals surface area contributed by atoms with E-state index in [0.29, 0.717) is 6.54 Å². The molecule has 2 aromatic rings. The molecule has 1 unspecified atom stereocenters. The lowest BCUT2D eigenvalue weighted by molar-refractivity contribution is -0.125. The molecule has 1 aliphatic rings. The lowest BCUT2D eigenvalue weighted by Crippen LogP contribution is -2.46. The van der Waals surface area contributed by atoms with Crippen LogP contribution in [0.4, 0.5) is 0 Å². The van der Waals surface area contributed by atoms with Gasteiger partial charge in [-0.2, -0.15) is 0 Å². The Kier molecular flexibility index (Phi) is 5.34. The van der Waals surface area contributed by atoms with Gasteiger partial charge in [0, 0.05) is 23.6 Å². The molecule has 1 aromatic carbocycles. The SMILES string of the molecule is CC(C(=O)NCCc1c[nH]c2ccccc12)N1CCCCCC1. The Morgan fingerprint density at radius 3 is 2.74 bits per heavy atom. The highest BCUT2D eigenvalue weighted by atomic mass is 16.2. The van der Waals surface area contributed by atoms with Crippen molar-refractivity contribution in [1.82, 2.24) is 15.2 Å². The number of benzene rings is 1. The quantitative estimate of drug-likeness (QED) is 0.891. The first-order chi connectivity index (χ1) is 11.3. The lowest BCUT2D eigenvalue weighted by Gasteiger charge is -2.26. The maximum absolute atomic E-state index is 12.4. The molecule has 23 heavy (non-hydrogen) atoms. The van der Waals surface area contributed by atoms with Crippen LogP contribution >= 0.6 is 0 Å². The number of carbonyl (C=O) groups excluding carboxylic acids is 1. The van der Waals surface area contributed by atoms with Crippen molar-refractivity contribution in [3.05, 3.63) is 36.0 Å². The maximum atomic E-state index is 12.4. The van der Waals surface area contributed by atoms with Crippen molar-refractivity contribution in [2.24, 2.45) is 0 Å². The molecule has 3 rings (SSSR count). The van der Waals surface area contributed by atoms with Gasteiger partial charge < -0.3 is 10.3 Å². The number of hydrogen-bond donors (Lipinski definition) is 2. The smallest absolute Gasteiger partial charge is 0.237 e. The molecule has 124 valence electrons. The molecule has 2 N–H and O–H groups in total. The predicted molar refractivity (Wildman–Crippen MR) is 94.5 cm³/mol. The van der Waals surface area contributed by atoms with E-state index in [4.69, 9.17) is 0 Å². The minimum Gasteiger partial charge on any atom is -0.361 e. The van der Waals surface area contributed by atoms with E-state index < -0.39 is 0 Å². The highest BCUT2D eigenvalue weighted by Crippen LogP contribution is 2.17. The minimum atomic E-state index is -0.0175. The Morgan fingerprint density at radius 2 is 1.96 bits per heavy atom. The monoisotopic (exact) mass is 313 g/mol. The Bertz CT molecular complexity index is 641. The van der Waals surface area contributed by atoms with Crippen LogP contribution in [0.25, 0.3) is 10.9 Å². The molecule has 0 aliphatic carbocycles. The summed E-state index contributed by atoms with van der Waals surface area (Å²) < 4.78 is 0. The average molecular weight is 313 g/mol. The van der Waals surface area contributed by atoms with E-state index in [1.165, 1.54) is 36.6 Å². The number of para-hydroxylation sites is 1. The van der Waals surface area contributed by atoms with Gasteiger partial charge >= 0.3 is 0 Å². The third kappa shape index (κ3) is 3.94. The number of nitrogens with zero attached hydrogens (tertiary/aromatic N) is 1. The van der Waals surface area contributed by atoms with Crippen molar-refractivity contribution in [3.8, 4) is 0 Å². The molecule has 4 nitrogen and oxygen atoms in total. The van der Waals surface area contributed by atoms with Gasteiger partial charge in [0.2, 0.25) is 5.91 Å². The van der Waals surface area contributed by atoms with Crippen LogP contribution in [0.3, 0.4) is 0 Å². The van der Waals surface area contributed by atoms with Gasteiger partial charge in [-0.05, 0) is 50.9 Å². The van der Waals surface area contributed by atoms with Gasteiger partial charge in [0.15, 0.2) is 0 Å². The minimum absolute atomic E-state index is 0.0175. The first-order valence-electron chi connectivity index (χ1n) is 8.82. The summed E-state index contributed by atoms with van der Waals surface area (Å²) in [5.74, 6) is 0.159. The van der Waals surface area contributed by atoms with Gasteiger partial charge in [-0.1, -0.05) is 31.0 Å². The van der Waals surface area contributed by atoms with Crippen molar-refractivity contribution in [2.75, 3.05) is 19.6 Å². The lowest BCUT2D eigenvalue weighted by atomic mass is 10.1. The van der Waals surface area contributed by atoms with Gasteiger partial charge in [-0.3, -0.25) is 9.69 Å². The number of carbonyl (C=O) groups is 1. The Labute approximate surface area is 138 Å². The van der Waals surface area contributed by atoms with Crippen LogP contribution in [0.5, 0.6) is 0 Å². The van der Waals surface area contributed by atoms with Crippen molar-refractivity contribution in [1.29, 1.82) is 0 Å². The Morgan fingerprint density at radius 1 is 1.22 bits per heavy atom. The zero-order valence-electron chi connectivity index (χ0n) is 14.0. The summed E-state index contributed by atoms with van der Waals surface area (Å²) in [6.45, 7) is 4.83. The van der Waals surface area contributed by atoms with Crippen molar-refractivity contribution >= 4 is 16.8 Å². The fourth-order valence-electron chi connectivity index (χ4n) is 3.45. The van der Waals surface area contributed by atoms with E-state index in [2.05, 4.69) is 39.6 Å². The zero-order valence-corrected chi connectivity index (χ0v) is 14.0. The van der Waals surface area contributed by atoms with Gasteiger partial charge in [-0.15, -0.1) is 0 Å². The molecule has 0 bridgehead atoms. The van der Waals surface area contributed by atoms with Crippen LogP contribution in [0.2, 0.25) is 0 Å². The Balaban J connectivity index is 1.50. The van der Waals surface area contributed by atoms with E-state index in [1.807, 2.05) is 13.0 Å². The first kappa shape index (κ1) is 16.1. The van der Waals surface area contributed by atoms with Crippen LogP contribution in [0.1, 0.15) is 38.2 Å². The molecule has 1 amide bonds. The Hall–Kier alpha value is -1.81. The van der Waals surface area contributed by atoms with Crippen LogP contribution in [0.15, 0.2) is 30.5 Å². The van der Waals surface area contributed by atoms with Crippen LogP contribution in [-0.2, 0) is 11.2 Å². The van der Waals surface area contributed by atoms with Crippen LogP contribution < -0.4 is 5.32 Å². The molecule has 1 atom stereocenters. The standard InChI is InChI=1S/C19H27N3O/c1-15(22-12-6-2-3-7-13-22)19(23)20-11-10-16-14-21-18-9-5-4-8-17(16)18/h4-5,8-9,14-15,21H,2-3,6-7,10-13H2,1H3,(H,20,23). The predicted octanol–water partition coefficient (Wildman–Crippen LogP) is 3.09. The number of rotatable bonds is 5. The van der Waals surface area contributed by atoms with Crippen molar-refractivity contribution < 1.29 is 4.79 Å². The number of amides is 1. The number of fused-ring (bicyclic) bond motifs is 1. The number of likely N-dealkylation sites (tertiary alicyclic amines) is 1. The highest BCUT2D eigenvalue weighted by molar-refractivity contribution is 5.83. The molecule has 1 saturated heterocycles. The number of hydrogen-bond acceptors (Lipinski definition) is 2. The molecule has 2 heterocycles. The van der Waals surface area contributed by atoms with Crippen LogP contribution in [0, 0.1) is 0 Å². The largest absolute Gasteiger partial charge is 0.361 e. The summed E-state index contributed by atoms with van der Waals surface area (Å²) >= 11 is 0. The third-order valence-electron chi connectivity index (χ3n) is 4.94. The summed E-state index contributed by atoms with van der Waals surface area (Å²) in [5.41, 5.74) is 2.43. The molecule has 1 aromatic heterocycles. The van der Waals surface area contributed by atoms with E-state index in [-0.39, 0.29) is 11.9 Å². The molecule has 0 radical (unpaired) electrons. The summed E-state index contributed by atoms with van der Waals surface area (Å²) in [4.78, 5) is 18.0. The topological polar surface area (TPSA) is 48.1 Å². The van der Waals surface area contributed by atoms with Gasteiger partial charge in [0.1, 0.15) is 0 Å². The number of H-pyrrole nitrogens is 1. The second kappa shape index (κ2) is 7.64. The second-order valence-corrected chi connectivity index (χ2v) is 6.53. The molecular weight excluding hydrogens is 286 g/mol. The summed E-state index contributed by atoms with van der Waals surface area (Å²) in [6, 6.07) is 8.28. The molecular formula is C19H27N3O. The fraction of sp³-hybridized carbons (Fsp3) is 0.526. The van der Waals surface area contributed by atoms with Crippen LogP contribution in [-0.4, -0.2) is 41.5 Å². The molecule has 0 spiro atoms. The fourth-order valence-corrected chi connectivity index (χ4v) is 3.45. The van der Waals surface area contributed by atoms with E-state index in [9.17, 15) is 4.79 Å². The average Bonchev–Trinajstić information content (AvgIpc) is 2.80. The number of aromatic nitrogens is 1. The van der Waals surface area contributed by atoms with Crippen molar-refractivity contribution in [2.45, 2.75) is 45.1 Å². The molecule has 0 saturated carbocycles. The second-order valence-electron chi connectivity index (χ2n) is 6.53. The molecule has 1 fully saturated rings. The first-order valence-corrected chi connectivity index (χ1v) is 8.82. The zero-order chi connectivity index (χ0) is 16.1. The summed E-state index contributed by atoms with van der Waals surface area (Å²) in [6.07, 6.45) is 7.94. The van der Waals surface area contributed by atoms with Gasteiger partial charge in [0.25, 0.3) is 0 Å². The number of aromatic amines is 1.